The van der Waals surface area contributed by atoms with Crippen molar-refractivity contribution in [1.82, 2.24) is 5.32 Å². The number of rotatable bonds is 2. The fourth-order valence-corrected chi connectivity index (χ4v) is 1.31. The lowest BCUT2D eigenvalue weighted by Crippen LogP contribution is -2.24. The maximum Gasteiger partial charge on any atom is 0.0362 e. The summed E-state index contributed by atoms with van der Waals surface area (Å²) in [5, 5.41) is 3.44. The molecule has 1 heterocycles. The van der Waals surface area contributed by atoms with Crippen LogP contribution >= 0.6 is 0 Å². The Kier molecular flexibility index (Phi) is 2.96. The average molecular weight is 165 g/mol. The van der Waals surface area contributed by atoms with Crippen molar-refractivity contribution in [2.75, 3.05) is 6.54 Å². The normalized spacial score (nSPS) is 17.5. The second kappa shape index (κ2) is 3.79. The van der Waals surface area contributed by atoms with Crippen LogP contribution < -0.4 is 5.32 Å². The lowest BCUT2D eigenvalue weighted by Gasteiger charge is -2.21. The quantitative estimate of drug-likeness (QED) is 0.663. The Balaban J connectivity index is 2.66. The van der Waals surface area contributed by atoms with E-state index in [0.717, 1.165) is 6.54 Å². The topological polar surface area (TPSA) is 12.0 Å². The van der Waals surface area contributed by atoms with Gasteiger partial charge < -0.3 is 5.32 Å². The highest BCUT2D eigenvalue weighted by Crippen LogP contribution is 2.16. The Hall–Kier alpha value is -0.720. The van der Waals surface area contributed by atoms with E-state index in [-0.39, 0.29) is 0 Å². The Morgan fingerprint density at radius 1 is 1.08 bits per heavy atom. The van der Waals surface area contributed by atoms with Crippen molar-refractivity contribution < 1.29 is 0 Å². The van der Waals surface area contributed by atoms with Gasteiger partial charge in [0.25, 0.3) is 0 Å². The molecule has 0 aromatic heterocycles. The molecule has 1 rings (SSSR count). The van der Waals surface area contributed by atoms with Crippen LogP contribution in [0.4, 0.5) is 0 Å². The zero-order valence-corrected chi connectivity index (χ0v) is 8.52. The van der Waals surface area contributed by atoms with Crippen LogP contribution in [0.1, 0.15) is 27.7 Å². The molecule has 0 atom stereocenters. The van der Waals surface area contributed by atoms with Gasteiger partial charge in [0.15, 0.2) is 0 Å². The zero-order chi connectivity index (χ0) is 9.14. The van der Waals surface area contributed by atoms with Crippen LogP contribution in [-0.2, 0) is 0 Å². The standard InChI is InChI=1S/C11H19N/c1-8(2)10-5-6-11(9(3)4)12-7-10/h5-6,8-9,12H,7H2,1-4H3. The van der Waals surface area contributed by atoms with Crippen molar-refractivity contribution in [2.45, 2.75) is 27.7 Å². The molecule has 0 amide bonds. The first-order valence-corrected chi connectivity index (χ1v) is 4.75. The van der Waals surface area contributed by atoms with Gasteiger partial charge in [-0.15, -0.1) is 0 Å². The zero-order valence-electron chi connectivity index (χ0n) is 8.52. The van der Waals surface area contributed by atoms with Crippen molar-refractivity contribution in [3.8, 4) is 0 Å². The summed E-state index contributed by atoms with van der Waals surface area (Å²) in [5.74, 6) is 1.29. The molecule has 0 aromatic rings. The summed E-state index contributed by atoms with van der Waals surface area (Å²) < 4.78 is 0. The predicted molar refractivity (Wildman–Crippen MR) is 53.8 cm³/mol. The van der Waals surface area contributed by atoms with Crippen LogP contribution in [0.5, 0.6) is 0 Å². The van der Waals surface area contributed by atoms with Gasteiger partial charge in [-0.05, 0) is 23.5 Å². The van der Waals surface area contributed by atoms with Crippen molar-refractivity contribution in [3.05, 3.63) is 23.4 Å². The van der Waals surface area contributed by atoms with Crippen molar-refractivity contribution >= 4 is 0 Å². The lowest BCUT2D eigenvalue weighted by molar-refractivity contribution is 0.630. The van der Waals surface area contributed by atoms with Gasteiger partial charge in [-0.1, -0.05) is 33.8 Å². The van der Waals surface area contributed by atoms with Gasteiger partial charge in [-0.25, -0.2) is 0 Å². The number of hydrogen-bond donors (Lipinski definition) is 1. The summed E-state index contributed by atoms with van der Waals surface area (Å²) in [5.41, 5.74) is 2.86. The minimum atomic E-state index is 0.620. The average Bonchev–Trinajstić information content (AvgIpc) is 2.04. The van der Waals surface area contributed by atoms with Crippen LogP contribution in [0.25, 0.3) is 0 Å². The van der Waals surface area contributed by atoms with E-state index >= 15 is 0 Å². The van der Waals surface area contributed by atoms with E-state index in [1.54, 1.807) is 0 Å². The first-order valence-electron chi connectivity index (χ1n) is 4.75. The molecular weight excluding hydrogens is 146 g/mol. The minimum absolute atomic E-state index is 0.620. The summed E-state index contributed by atoms with van der Waals surface area (Å²) >= 11 is 0. The molecule has 12 heavy (non-hydrogen) atoms. The Labute approximate surface area is 75.6 Å². The van der Waals surface area contributed by atoms with E-state index in [9.17, 15) is 0 Å². The molecule has 1 aliphatic rings. The highest BCUT2D eigenvalue weighted by Gasteiger charge is 2.09. The van der Waals surface area contributed by atoms with Gasteiger partial charge in [-0.2, -0.15) is 0 Å². The van der Waals surface area contributed by atoms with Gasteiger partial charge in [0.05, 0.1) is 0 Å². The van der Waals surface area contributed by atoms with E-state index in [4.69, 9.17) is 0 Å². The Morgan fingerprint density at radius 3 is 2.08 bits per heavy atom. The molecule has 68 valence electrons. The van der Waals surface area contributed by atoms with E-state index in [1.807, 2.05) is 0 Å². The minimum Gasteiger partial charge on any atom is -0.384 e. The molecule has 1 nitrogen and oxygen atoms in total. The Bertz CT molecular complexity index is 185. The predicted octanol–water partition coefficient (Wildman–Crippen LogP) is 2.71. The molecule has 0 radical (unpaired) electrons. The molecule has 0 bridgehead atoms. The molecule has 1 aliphatic heterocycles. The fraction of sp³-hybridized carbons (Fsp3) is 0.636. The van der Waals surface area contributed by atoms with Crippen LogP contribution in [0, 0.1) is 11.8 Å². The molecule has 0 saturated heterocycles. The van der Waals surface area contributed by atoms with Gasteiger partial charge in [0.1, 0.15) is 0 Å². The number of dihydropyridines is 1. The van der Waals surface area contributed by atoms with Crippen LogP contribution in [0.3, 0.4) is 0 Å². The molecule has 1 heteroatoms. The number of hydrogen-bond acceptors (Lipinski definition) is 1. The van der Waals surface area contributed by atoms with Gasteiger partial charge in [0.2, 0.25) is 0 Å². The summed E-state index contributed by atoms with van der Waals surface area (Å²) in [6.45, 7) is 9.94. The van der Waals surface area contributed by atoms with Crippen molar-refractivity contribution in [1.29, 1.82) is 0 Å². The molecule has 1 N–H and O–H groups in total. The first kappa shape index (κ1) is 9.37. The number of allylic oxidation sites excluding steroid dienone is 3. The molecule has 0 aliphatic carbocycles. The summed E-state index contributed by atoms with van der Waals surface area (Å²) in [7, 11) is 0. The highest BCUT2D eigenvalue weighted by molar-refractivity contribution is 5.25. The first-order chi connectivity index (χ1) is 5.61. The van der Waals surface area contributed by atoms with Gasteiger partial charge in [-0.3, -0.25) is 0 Å². The second-order valence-corrected chi connectivity index (χ2v) is 4.03. The van der Waals surface area contributed by atoms with E-state index < -0.39 is 0 Å². The lowest BCUT2D eigenvalue weighted by atomic mass is 9.98. The molecule has 0 fully saturated rings. The third-order valence-corrected chi connectivity index (χ3v) is 2.34. The SMILES string of the molecule is CC(C)C1=CC=C(C(C)C)NC1. The maximum atomic E-state index is 3.44. The Morgan fingerprint density at radius 2 is 1.75 bits per heavy atom. The van der Waals surface area contributed by atoms with Crippen LogP contribution in [-0.4, -0.2) is 6.54 Å². The van der Waals surface area contributed by atoms with E-state index in [0.29, 0.717) is 11.8 Å². The van der Waals surface area contributed by atoms with E-state index in [2.05, 4.69) is 45.2 Å². The third-order valence-electron chi connectivity index (χ3n) is 2.34. The second-order valence-electron chi connectivity index (χ2n) is 4.03. The smallest absolute Gasteiger partial charge is 0.0362 e. The van der Waals surface area contributed by atoms with Crippen molar-refractivity contribution in [2.24, 2.45) is 11.8 Å². The van der Waals surface area contributed by atoms with Crippen LogP contribution in [0.15, 0.2) is 23.4 Å². The molecule has 0 aromatic carbocycles. The largest absolute Gasteiger partial charge is 0.384 e. The monoisotopic (exact) mass is 165 g/mol. The molecular formula is C11H19N. The maximum absolute atomic E-state index is 3.44. The summed E-state index contributed by atoms with van der Waals surface area (Å²) in [4.78, 5) is 0. The molecule has 0 spiro atoms. The third kappa shape index (κ3) is 2.13. The van der Waals surface area contributed by atoms with Gasteiger partial charge in [0, 0.05) is 12.2 Å². The summed E-state index contributed by atoms with van der Waals surface area (Å²) in [6.07, 6.45) is 4.47. The van der Waals surface area contributed by atoms with Gasteiger partial charge >= 0.3 is 0 Å². The van der Waals surface area contributed by atoms with E-state index in [1.165, 1.54) is 11.3 Å². The highest BCUT2D eigenvalue weighted by atomic mass is 14.9. The summed E-state index contributed by atoms with van der Waals surface area (Å²) in [6, 6.07) is 0. The van der Waals surface area contributed by atoms with Crippen molar-refractivity contribution in [3.63, 3.8) is 0 Å². The molecule has 0 saturated carbocycles. The number of nitrogens with one attached hydrogen (secondary N) is 1. The van der Waals surface area contributed by atoms with Crippen LogP contribution in [0.2, 0.25) is 0 Å². The fourth-order valence-electron chi connectivity index (χ4n) is 1.31. The molecule has 0 unspecified atom stereocenters.